The van der Waals surface area contributed by atoms with E-state index in [-0.39, 0.29) is 23.8 Å². The fourth-order valence-corrected chi connectivity index (χ4v) is 4.15. The maximum atomic E-state index is 13.1. The number of ether oxygens (including phenoxy) is 2. The maximum Gasteiger partial charge on any atom is 0.315 e. The Kier molecular flexibility index (Phi) is 5.13. The van der Waals surface area contributed by atoms with Crippen LogP contribution in [0, 0.1) is 11.3 Å². The molecule has 0 saturated heterocycles. The predicted octanol–water partition coefficient (Wildman–Crippen LogP) is 3.72. The first-order valence-electron chi connectivity index (χ1n) is 9.30. The quantitative estimate of drug-likeness (QED) is 0.820. The summed E-state index contributed by atoms with van der Waals surface area (Å²) in [5, 5.41) is 3.25. The summed E-state index contributed by atoms with van der Waals surface area (Å²) in [6.07, 6.45) is 1.19. The number of methoxy groups -OCH3 is 1. The van der Waals surface area contributed by atoms with Gasteiger partial charge in [0.25, 0.3) is 0 Å². The van der Waals surface area contributed by atoms with Crippen LogP contribution in [0.25, 0.3) is 0 Å². The number of hydrogen-bond donors (Lipinski definition) is 1. The highest BCUT2D eigenvalue weighted by Crippen LogP contribution is 2.48. The summed E-state index contributed by atoms with van der Waals surface area (Å²) in [5.41, 5.74) is 2.85. The van der Waals surface area contributed by atoms with E-state index in [4.69, 9.17) is 9.47 Å². The Labute approximate surface area is 160 Å². The number of benzene rings is 1. The molecule has 1 aromatic carbocycles. The first-order chi connectivity index (χ1) is 12.8. The molecule has 0 amide bonds. The second kappa shape index (κ2) is 7.22. The van der Waals surface area contributed by atoms with E-state index >= 15 is 0 Å². The summed E-state index contributed by atoms with van der Waals surface area (Å²) in [6, 6.07) is 7.53. The lowest BCUT2D eigenvalue weighted by molar-refractivity contribution is -0.147. The highest BCUT2D eigenvalue weighted by Gasteiger charge is 2.46. The van der Waals surface area contributed by atoms with Crippen molar-refractivity contribution in [3.63, 3.8) is 0 Å². The molecule has 1 N–H and O–H groups in total. The van der Waals surface area contributed by atoms with E-state index in [9.17, 15) is 9.59 Å². The number of Topliss-reactive ketones (excluding diaryl/α,β-unsaturated/α-hetero) is 1. The van der Waals surface area contributed by atoms with Crippen molar-refractivity contribution in [1.82, 2.24) is 5.32 Å². The molecule has 2 atom stereocenters. The van der Waals surface area contributed by atoms with Crippen LogP contribution in [0.2, 0.25) is 0 Å². The highest BCUT2D eigenvalue weighted by molar-refractivity contribution is 6.00. The minimum Gasteiger partial charge on any atom is -0.497 e. The van der Waals surface area contributed by atoms with Crippen molar-refractivity contribution in [1.29, 1.82) is 0 Å². The summed E-state index contributed by atoms with van der Waals surface area (Å²) >= 11 is 0. The molecule has 0 spiro atoms. The molecule has 2 unspecified atom stereocenters. The zero-order valence-electron chi connectivity index (χ0n) is 16.4. The van der Waals surface area contributed by atoms with Crippen molar-refractivity contribution in [2.75, 3.05) is 13.7 Å². The van der Waals surface area contributed by atoms with Crippen LogP contribution in [0.15, 0.2) is 47.8 Å². The third-order valence-corrected chi connectivity index (χ3v) is 5.24. The van der Waals surface area contributed by atoms with Crippen LogP contribution in [0.4, 0.5) is 0 Å². The number of rotatable bonds is 4. The SMILES string of the molecule is C=C1NC2=C(C(=O)CC(C)(C)C2)C(c2cccc(OC)c2)C1C(=O)OCC. The van der Waals surface area contributed by atoms with E-state index in [0.29, 0.717) is 23.4 Å². The van der Waals surface area contributed by atoms with Crippen LogP contribution in [0.5, 0.6) is 5.75 Å². The number of ketones is 1. The summed E-state index contributed by atoms with van der Waals surface area (Å²) < 4.78 is 10.7. The Morgan fingerprint density at radius 3 is 2.74 bits per heavy atom. The Morgan fingerprint density at radius 2 is 2.07 bits per heavy atom. The molecule has 0 saturated carbocycles. The summed E-state index contributed by atoms with van der Waals surface area (Å²) in [5.74, 6) is -0.687. The third kappa shape index (κ3) is 3.64. The fourth-order valence-electron chi connectivity index (χ4n) is 4.15. The molecule has 0 radical (unpaired) electrons. The van der Waals surface area contributed by atoms with Gasteiger partial charge in [-0.15, -0.1) is 0 Å². The summed E-state index contributed by atoms with van der Waals surface area (Å²) in [7, 11) is 1.60. The first-order valence-corrected chi connectivity index (χ1v) is 9.30. The Bertz CT molecular complexity index is 821. The van der Waals surface area contributed by atoms with Gasteiger partial charge in [0, 0.05) is 29.3 Å². The summed E-state index contributed by atoms with van der Waals surface area (Å²) in [6.45, 7) is 10.3. The van der Waals surface area contributed by atoms with Crippen molar-refractivity contribution >= 4 is 11.8 Å². The minimum absolute atomic E-state index is 0.0726. The normalized spacial score (nSPS) is 24.1. The predicted molar refractivity (Wildman–Crippen MR) is 103 cm³/mol. The van der Waals surface area contributed by atoms with E-state index in [1.807, 2.05) is 24.3 Å². The second-order valence-electron chi connectivity index (χ2n) is 7.97. The van der Waals surface area contributed by atoms with Crippen LogP contribution in [0.1, 0.15) is 45.1 Å². The Balaban J connectivity index is 2.17. The zero-order chi connectivity index (χ0) is 19.8. The van der Waals surface area contributed by atoms with Gasteiger partial charge in [0.2, 0.25) is 0 Å². The summed E-state index contributed by atoms with van der Waals surface area (Å²) in [4.78, 5) is 25.9. The van der Waals surface area contributed by atoms with E-state index < -0.39 is 11.8 Å². The second-order valence-corrected chi connectivity index (χ2v) is 7.97. The molecular formula is C22H27NO4. The lowest BCUT2D eigenvalue weighted by Gasteiger charge is -2.42. The van der Waals surface area contributed by atoms with Gasteiger partial charge in [0.1, 0.15) is 11.7 Å². The Hall–Kier alpha value is -2.56. The molecule has 27 heavy (non-hydrogen) atoms. The molecule has 5 nitrogen and oxygen atoms in total. The van der Waals surface area contributed by atoms with Crippen molar-refractivity contribution in [3.8, 4) is 5.75 Å². The first kappa shape index (κ1) is 19.2. The smallest absolute Gasteiger partial charge is 0.315 e. The molecule has 0 aromatic heterocycles. The van der Waals surface area contributed by atoms with Gasteiger partial charge < -0.3 is 14.8 Å². The van der Waals surface area contributed by atoms with Crippen LogP contribution < -0.4 is 10.1 Å². The van der Waals surface area contributed by atoms with Crippen LogP contribution in [-0.4, -0.2) is 25.5 Å². The van der Waals surface area contributed by atoms with Gasteiger partial charge in [-0.3, -0.25) is 9.59 Å². The molecule has 0 fully saturated rings. The number of allylic oxidation sites excluding steroid dienone is 2. The van der Waals surface area contributed by atoms with Gasteiger partial charge in [-0.05, 0) is 36.5 Å². The van der Waals surface area contributed by atoms with Crippen LogP contribution in [0.3, 0.4) is 0 Å². The van der Waals surface area contributed by atoms with Crippen LogP contribution in [-0.2, 0) is 14.3 Å². The van der Waals surface area contributed by atoms with Crippen LogP contribution >= 0.6 is 0 Å². The van der Waals surface area contributed by atoms with E-state index in [1.165, 1.54) is 0 Å². The molecule has 1 aromatic rings. The average Bonchev–Trinajstić information content (AvgIpc) is 2.59. The topological polar surface area (TPSA) is 64.6 Å². The number of carbonyl (C=O) groups is 2. The fraction of sp³-hybridized carbons (Fsp3) is 0.455. The van der Waals surface area contributed by atoms with Gasteiger partial charge in [-0.2, -0.15) is 0 Å². The molecular weight excluding hydrogens is 342 g/mol. The largest absolute Gasteiger partial charge is 0.497 e. The van der Waals surface area contributed by atoms with Gasteiger partial charge in [0.15, 0.2) is 5.78 Å². The average molecular weight is 369 g/mol. The molecule has 1 heterocycles. The molecule has 2 aliphatic rings. The number of carbonyl (C=O) groups excluding carboxylic acids is 2. The van der Waals surface area contributed by atoms with Gasteiger partial charge >= 0.3 is 5.97 Å². The van der Waals surface area contributed by atoms with E-state index in [0.717, 1.165) is 17.7 Å². The lowest BCUT2D eigenvalue weighted by Crippen LogP contribution is -2.43. The molecule has 5 heteroatoms. The number of esters is 1. The van der Waals surface area contributed by atoms with Crippen molar-refractivity contribution < 1.29 is 19.1 Å². The van der Waals surface area contributed by atoms with Crippen molar-refractivity contribution in [3.05, 3.63) is 53.4 Å². The molecule has 3 rings (SSSR count). The monoisotopic (exact) mass is 369 g/mol. The molecule has 1 aliphatic carbocycles. The zero-order valence-corrected chi connectivity index (χ0v) is 16.4. The standard InChI is InChI=1S/C22H27NO4/c1-6-27-21(25)18-13(2)23-16-11-22(3,4)12-17(24)20(16)19(18)14-8-7-9-15(10-14)26-5/h7-10,18-19,23H,2,6,11-12H2,1,3-5H3. The van der Waals surface area contributed by atoms with Gasteiger partial charge in [-0.25, -0.2) is 0 Å². The highest BCUT2D eigenvalue weighted by atomic mass is 16.5. The van der Waals surface area contributed by atoms with Gasteiger partial charge in [-0.1, -0.05) is 32.6 Å². The third-order valence-electron chi connectivity index (χ3n) is 5.24. The van der Waals surface area contributed by atoms with Gasteiger partial charge in [0.05, 0.1) is 13.7 Å². The molecule has 1 aliphatic heterocycles. The number of hydrogen-bond acceptors (Lipinski definition) is 5. The number of nitrogens with one attached hydrogen (secondary N) is 1. The maximum absolute atomic E-state index is 13.1. The van der Waals surface area contributed by atoms with Crippen molar-refractivity contribution in [2.45, 2.75) is 39.5 Å². The molecule has 144 valence electrons. The van der Waals surface area contributed by atoms with E-state index in [1.54, 1.807) is 14.0 Å². The van der Waals surface area contributed by atoms with Crippen molar-refractivity contribution in [2.24, 2.45) is 11.3 Å². The Morgan fingerprint density at radius 1 is 1.33 bits per heavy atom. The molecule has 0 bridgehead atoms. The lowest BCUT2D eigenvalue weighted by atomic mass is 9.66. The minimum atomic E-state index is -0.652. The van der Waals surface area contributed by atoms with E-state index in [2.05, 4.69) is 25.7 Å².